The second-order valence-corrected chi connectivity index (χ2v) is 6.37. The highest BCUT2D eigenvalue weighted by Crippen LogP contribution is 2.27. The van der Waals surface area contributed by atoms with Crippen LogP contribution in [-0.4, -0.2) is 18.4 Å². The number of carbonyl (C=O) groups is 2. The standard InChI is InChI=1S/C18H18Cl2N2O2/c1-11-9-12(2)16(15(20)10-11)22-18(24)17(23)21-8-7-13-3-5-14(19)6-4-13/h3-6,9-10H,7-8H2,1-2H3,(H,21,23)(H,22,24). The maximum Gasteiger partial charge on any atom is 0.313 e. The third-order valence-electron chi connectivity index (χ3n) is 3.49. The summed E-state index contributed by atoms with van der Waals surface area (Å²) in [7, 11) is 0. The van der Waals surface area contributed by atoms with Crippen molar-refractivity contribution in [1.82, 2.24) is 5.32 Å². The van der Waals surface area contributed by atoms with Crippen LogP contribution in [0.2, 0.25) is 10.0 Å². The van der Waals surface area contributed by atoms with Gasteiger partial charge in [-0.3, -0.25) is 9.59 Å². The Morgan fingerprint density at radius 3 is 2.29 bits per heavy atom. The highest BCUT2D eigenvalue weighted by Gasteiger charge is 2.16. The van der Waals surface area contributed by atoms with Crippen molar-refractivity contribution >= 4 is 40.7 Å². The van der Waals surface area contributed by atoms with E-state index in [4.69, 9.17) is 23.2 Å². The van der Waals surface area contributed by atoms with Gasteiger partial charge in [-0.25, -0.2) is 0 Å². The monoisotopic (exact) mass is 364 g/mol. The van der Waals surface area contributed by atoms with E-state index in [1.165, 1.54) is 0 Å². The zero-order valence-corrected chi connectivity index (χ0v) is 15.0. The van der Waals surface area contributed by atoms with Crippen LogP contribution in [-0.2, 0) is 16.0 Å². The van der Waals surface area contributed by atoms with Crippen LogP contribution < -0.4 is 10.6 Å². The average molecular weight is 365 g/mol. The third kappa shape index (κ3) is 4.98. The molecule has 0 fully saturated rings. The number of aryl methyl sites for hydroxylation is 2. The van der Waals surface area contributed by atoms with Gasteiger partial charge in [-0.05, 0) is 55.2 Å². The van der Waals surface area contributed by atoms with E-state index in [9.17, 15) is 9.59 Å². The number of halogens is 2. The Labute approximate surface area is 151 Å². The van der Waals surface area contributed by atoms with Crippen molar-refractivity contribution in [3.8, 4) is 0 Å². The second-order valence-electron chi connectivity index (χ2n) is 5.53. The molecule has 126 valence electrons. The fourth-order valence-corrected chi connectivity index (χ4v) is 2.79. The zero-order valence-electron chi connectivity index (χ0n) is 13.5. The summed E-state index contributed by atoms with van der Waals surface area (Å²) in [5, 5.41) is 6.22. The van der Waals surface area contributed by atoms with Crippen molar-refractivity contribution in [1.29, 1.82) is 0 Å². The van der Waals surface area contributed by atoms with Crippen LogP contribution in [0, 0.1) is 13.8 Å². The topological polar surface area (TPSA) is 58.2 Å². The fourth-order valence-electron chi connectivity index (χ4n) is 2.30. The van der Waals surface area contributed by atoms with Crippen LogP contribution in [0.15, 0.2) is 36.4 Å². The molecule has 4 nitrogen and oxygen atoms in total. The Balaban J connectivity index is 1.88. The maximum atomic E-state index is 12.0. The molecule has 0 saturated heterocycles. The molecule has 0 aliphatic carbocycles. The molecule has 2 amide bonds. The van der Waals surface area contributed by atoms with E-state index in [-0.39, 0.29) is 0 Å². The van der Waals surface area contributed by atoms with E-state index in [1.54, 1.807) is 18.2 Å². The molecule has 0 spiro atoms. The van der Waals surface area contributed by atoms with E-state index >= 15 is 0 Å². The smallest absolute Gasteiger partial charge is 0.313 e. The van der Waals surface area contributed by atoms with Crippen molar-refractivity contribution in [2.24, 2.45) is 0 Å². The number of hydrogen-bond donors (Lipinski definition) is 2. The number of rotatable bonds is 4. The van der Waals surface area contributed by atoms with E-state index in [2.05, 4.69) is 10.6 Å². The fraction of sp³-hybridized carbons (Fsp3) is 0.222. The van der Waals surface area contributed by atoms with Crippen molar-refractivity contribution in [3.05, 3.63) is 63.1 Å². The largest absolute Gasteiger partial charge is 0.347 e. The molecule has 2 aromatic carbocycles. The lowest BCUT2D eigenvalue weighted by Gasteiger charge is -2.11. The quantitative estimate of drug-likeness (QED) is 0.808. The number of amides is 2. The molecule has 0 bridgehead atoms. The van der Waals surface area contributed by atoms with Gasteiger partial charge in [0.15, 0.2) is 0 Å². The van der Waals surface area contributed by atoms with E-state index in [0.29, 0.717) is 28.7 Å². The summed E-state index contributed by atoms with van der Waals surface area (Å²) in [5.41, 5.74) is 3.28. The van der Waals surface area contributed by atoms with Crippen LogP contribution >= 0.6 is 23.2 Å². The Bertz CT molecular complexity index is 735. The molecule has 6 heteroatoms. The van der Waals surface area contributed by atoms with Gasteiger partial charge < -0.3 is 10.6 Å². The summed E-state index contributed by atoms with van der Waals surface area (Å²) in [6.45, 7) is 4.09. The number of hydrogen-bond acceptors (Lipinski definition) is 2. The molecule has 24 heavy (non-hydrogen) atoms. The van der Waals surface area contributed by atoms with Crippen molar-refractivity contribution in [3.63, 3.8) is 0 Å². The van der Waals surface area contributed by atoms with Gasteiger partial charge in [0.1, 0.15) is 0 Å². The molecule has 0 unspecified atom stereocenters. The van der Waals surface area contributed by atoms with Gasteiger partial charge in [-0.1, -0.05) is 41.4 Å². The predicted molar refractivity (Wildman–Crippen MR) is 97.7 cm³/mol. The molecular formula is C18H18Cl2N2O2. The first kappa shape index (κ1) is 18.3. The van der Waals surface area contributed by atoms with E-state index in [0.717, 1.165) is 16.7 Å². The van der Waals surface area contributed by atoms with Crippen molar-refractivity contribution < 1.29 is 9.59 Å². The zero-order chi connectivity index (χ0) is 17.7. The molecule has 0 aliphatic heterocycles. The molecule has 2 N–H and O–H groups in total. The number of benzene rings is 2. The lowest BCUT2D eigenvalue weighted by molar-refractivity contribution is -0.136. The maximum absolute atomic E-state index is 12.0. The lowest BCUT2D eigenvalue weighted by Crippen LogP contribution is -2.36. The normalized spacial score (nSPS) is 10.3. The first-order valence-corrected chi connectivity index (χ1v) is 8.23. The van der Waals surface area contributed by atoms with Crippen LogP contribution in [0.5, 0.6) is 0 Å². The molecule has 0 aromatic heterocycles. The second kappa shape index (κ2) is 8.18. The summed E-state index contributed by atoms with van der Waals surface area (Å²) >= 11 is 11.9. The van der Waals surface area contributed by atoms with Gasteiger partial charge >= 0.3 is 11.8 Å². The molecular weight excluding hydrogens is 347 g/mol. The Morgan fingerprint density at radius 1 is 1.00 bits per heavy atom. The number of anilines is 1. The van der Waals surface area contributed by atoms with E-state index in [1.807, 2.05) is 32.0 Å². The molecule has 0 heterocycles. The van der Waals surface area contributed by atoms with Crippen molar-refractivity contribution in [2.75, 3.05) is 11.9 Å². The average Bonchev–Trinajstić information content (AvgIpc) is 2.52. The predicted octanol–water partition coefficient (Wildman–Crippen LogP) is 3.91. The highest BCUT2D eigenvalue weighted by molar-refractivity contribution is 6.41. The van der Waals surface area contributed by atoms with Crippen molar-refractivity contribution in [2.45, 2.75) is 20.3 Å². The summed E-state index contributed by atoms with van der Waals surface area (Å²) < 4.78 is 0. The molecule has 0 saturated carbocycles. The van der Waals surface area contributed by atoms with Crippen LogP contribution in [0.3, 0.4) is 0 Å². The van der Waals surface area contributed by atoms with E-state index < -0.39 is 11.8 Å². The Morgan fingerprint density at radius 2 is 1.67 bits per heavy atom. The Hall–Kier alpha value is -2.04. The summed E-state index contributed by atoms with van der Waals surface area (Å²) in [6, 6.07) is 11.0. The highest BCUT2D eigenvalue weighted by atomic mass is 35.5. The molecule has 0 aliphatic rings. The van der Waals surface area contributed by atoms with Gasteiger partial charge in [0, 0.05) is 11.6 Å². The first-order chi connectivity index (χ1) is 11.4. The van der Waals surface area contributed by atoms with Gasteiger partial charge in [-0.2, -0.15) is 0 Å². The third-order valence-corrected chi connectivity index (χ3v) is 4.04. The summed E-state index contributed by atoms with van der Waals surface area (Å²) in [4.78, 5) is 23.9. The van der Waals surface area contributed by atoms with Crippen LogP contribution in [0.4, 0.5) is 5.69 Å². The lowest BCUT2D eigenvalue weighted by atomic mass is 10.1. The SMILES string of the molecule is Cc1cc(C)c(NC(=O)C(=O)NCCc2ccc(Cl)cc2)c(Cl)c1. The van der Waals surface area contributed by atoms with Gasteiger partial charge in [0.2, 0.25) is 0 Å². The summed E-state index contributed by atoms with van der Waals surface area (Å²) in [5.74, 6) is -1.43. The Kier molecular flexibility index (Phi) is 6.23. The van der Waals surface area contributed by atoms with Gasteiger partial charge in [0.05, 0.1) is 10.7 Å². The molecule has 2 rings (SSSR count). The minimum atomic E-state index is -0.736. The molecule has 0 radical (unpaired) electrons. The van der Waals surface area contributed by atoms with Crippen LogP contribution in [0.25, 0.3) is 0 Å². The molecule has 2 aromatic rings. The first-order valence-electron chi connectivity index (χ1n) is 7.47. The number of nitrogens with one attached hydrogen (secondary N) is 2. The van der Waals surface area contributed by atoms with Gasteiger partial charge in [-0.15, -0.1) is 0 Å². The minimum Gasteiger partial charge on any atom is -0.347 e. The minimum absolute atomic E-state index is 0.356. The number of carbonyl (C=O) groups excluding carboxylic acids is 2. The molecule has 0 atom stereocenters. The van der Waals surface area contributed by atoms with Gasteiger partial charge in [0.25, 0.3) is 0 Å². The summed E-state index contributed by atoms with van der Waals surface area (Å²) in [6.07, 6.45) is 0.612. The van der Waals surface area contributed by atoms with Crippen LogP contribution in [0.1, 0.15) is 16.7 Å².